The molecule has 7 aromatic carbocycles. The molecule has 3 nitrogen and oxygen atoms in total. The molecule has 0 saturated carbocycles. The van der Waals surface area contributed by atoms with Crippen molar-refractivity contribution in [3.63, 3.8) is 0 Å². The van der Waals surface area contributed by atoms with Crippen LogP contribution in [0.5, 0.6) is 0 Å². The van der Waals surface area contributed by atoms with Crippen LogP contribution in [0.2, 0.25) is 0 Å². The molecule has 0 N–H and O–H groups in total. The molecule has 0 aliphatic rings. The first-order valence-electron chi connectivity index (χ1n) is 15.8. The van der Waals surface area contributed by atoms with Gasteiger partial charge >= 0.3 is 0 Å². The Morgan fingerprint density at radius 3 is 1.02 bits per heavy atom. The van der Waals surface area contributed by atoms with Crippen molar-refractivity contribution in [1.29, 1.82) is 0 Å². The zero-order valence-electron chi connectivity index (χ0n) is 25.3. The van der Waals surface area contributed by atoms with Gasteiger partial charge in [0, 0.05) is 50.8 Å². The molecule has 0 saturated heterocycles. The predicted octanol–water partition coefficient (Wildman–Crippen LogP) is 11.2. The fourth-order valence-corrected chi connectivity index (χ4v) is 7.06. The fourth-order valence-electron chi connectivity index (χ4n) is 7.06. The Morgan fingerprint density at radius 1 is 0.326 bits per heavy atom. The predicted molar refractivity (Wildman–Crippen MR) is 194 cm³/mol. The Labute approximate surface area is 267 Å². The van der Waals surface area contributed by atoms with E-state index in [9.17, 15) is 0 Å². The summed E-state index contributed by atoms with van der Waals surface area (Å²) in [6.45, 7) is 0.768. The third kappa shape index (κ3) is 4.28. The molecule has 0 radical (unpaired) electrons. The highest BCUT2D eigenvalue weighted by Crippen LogP contribution is 2.36. The summed E-state index contributed by atoms with van der Waals surface area (Å²) >= 11 is 0. The van der Waals surface area contributed by atoms with E-state index < -0.39 is 0 Å². The van der Waals surface area contributed by atoms with Crippen molar-refractivity contribution in [2.24, 2.45) is 0 Å². The number of fused-ring (bicyclic) bond motifs is 6. The largest absolute Gasteiger partial charge is 0.337 e. The molecule has 46 heavy (non-hydrogen) atoms. The zero-order chi connectivity index (χ0) is 30.5. The third-order valence-electron chi connectivity index (χ3n) is 9.18. The summed E-state index contributed by atoms with van der Waals surface area (Å²) < 4.78 is 4.74. The molecular weight excluding hydrogens is 558 g/mol. The molecule has 0 fully saturated rings. The minimum atomic E-state index is 0.768. The highest BCUT2D eigenvalue weighted by molar-refractivity contribution is 6.10. The van der Waals surface area contributed by atoms with Crippen LogP contribution in [0.3, 0.4) is 0 Å². The topological polar surface area (TPSA) is 13.1 Å². The van der Waals surface area contributed by atoms with Gasteiger partial charge in [0.15, 0.2) is 0 Å². The summed E-state index contributed by atoms with van der Waals surface area (Å²) in [6.07, 6.45) is 0. The Kier molecular flexibility index (Phi) is 6.20. The van der Waals surface area contributed by atoms with Gasteiger partial charge in [-0.2, -0.15) is 0 Å². The molecule has 0 spiro atoms. The first-order valence-corrected chi connectivity index (χ1v) is 15.8. The minimum absolute atomic E-state index is 0.768. The van der Waals surface area contributed by atoms with Crippen molar-refractivity contribution in [3.05, 3.63) is 181 Å². The van der Waals surface area contributed by atoms with Crippen molar-refractivity contribution >= 4 is 55.0 Å². The first-order chi connectivity index (χ1) is 22.8. The van der Waals surface area contributed by atoms with Crippen LogP contribution in [0.25, 0.3) is 55.0 Å². The van der Waals surface area contributed by atoms with Crippen molar-refractivity contribution in [1.82, 2.24) is 9.13 Å². The van der Waals surface area contributed by atoms with Crippen molar-refractivity contribution in [2.45, 2.75) is 6.54 Å². The Bertz CT molecular complexity index is 2220. The molecule has 0 amide bonds. The van der Waals surface area contributed by atoms with Gasteiger partial charge in [-0.05, 0) is 78.4 Å². The highest BCUT2D eigenvalue weighted by atomic mass is 15.1. The van der Waals surface area contributed by atoms with E-state index in [0.29, 0.717) is 0 Å². The number of benzene rings is 7. The summed E-state index contributed by atoms with van der Waals surface area (Å²) in [5, 5.41) is 5.10. The summed E-state index contributed by atoms with van der Waals surface area (Å²) in [6, 6.07) is 63.4. The summed E-state index contributed by atoms with van der Waals surface area (Å²) in [7, 11) is 0. The molecule has 3 heteroatoms. The van der Waals surface area contributed by atoms with E-state index in [0.717, 1.165) is 29.3 Å². The molecule has 218 valence electrons. The maximum absolute atomic E-state index is 2.40. The normalized spacial score (nSPS) is 11.6. The number of para-hydroxylation sites is 4. The molecule has 0 unspecified atom stereocenters. The van der Waals surface area contributed by atoms with E-state index in [-0.39, 0.29) is 0 Å². The van der Waals surface area contributed by atoms with E-state index in [4.69, 9.17) is 0 Å². The number of hydrogen-bond donors (Lipinski definition) is 0. The lowest BCUT2D eigenvalue weighted by Gasteiger charge is -2.26. The van der Waals surface area contributed by atoms with Gasteiger partial charge < -0.3 is 14.0 Å². The lowest BCUT2D eigenvalue weighted by Crippen LogP contribution is -2.16. The SMILES string of the molecule is c1ccc(CN(c2ccc(-n3c4ccccc4c4ccccc43)cc2)c2ccc(-n3c4ccccc4c4ccccc43)cc2)cc1. The smallest absolute Gasteiger partial charge is 0.0541 e. The fraction of sp³-hybridized carbons (Fsp3) is 0.0233. The molecule has 0 aliphatic carbocycles. The maximum Gasteiger partial charge on any atom is 0.0541 e. The molecule has 0 atom stereocenters. The van der Waals surface area contributed by atoms with Gasteiger partial charge in [0.2, 0.25) is 0 Å². The van der Waals surface area contributed by atoms with E-state index in [1.165, 1.54) is 49.2 Å². The summed E-state index contributed by atoms with van der Waals surface area (Å²) in [5.74, 6) is 0. The molecule has 9 rings (SSSR count). The van der Waals surface area contributed by atoms with E-state index in [1.807, 2.05) is 0 Å². The van der Waals surface area contributed by atoms with Crippen molar-refractivity contribution in [3.8, 4) is 11.4 Å². The van der Waals surface area contributed by atoms with Crippen LogP contribution in [0.1, 0.15) is 5.56 Å². The number of rotatable bonds is 6. The second-order valence-corrected chi connectivity index (χ2v) is 11.8. The zero-order valence-corrected chi connectivity index (χ0v) is 25.3. The lowest BCUT2D eigenvalue weighted by atomic mass is 10.1. The molecule has 2 aromatic heterocycles. The Balaban J connectivity index is 1.13. The molecule has 2 heterocycles. The highest BCUT2D eigenvalue weighted by Gasteiger charge is 2.16. The van der Waals surface area contributed by atoms with Gasteiger partial charge in [0.25, 0.3) is 0 Å². The number of nitrogens with zero attached hydrogens (tertiary/aromatic N) is 3. The van der Waals surface area contributed by atoms with Gasteiger partial charge in [0.05, 0.1) is 22.1 Å². The molecular formula is C43H31N3. The van der Waals surface area contributed by atoms with Gasteiger partial charge in [0.1, 0.15) is 0 Å². The minimum Gasteiger partial charge on any atom is -0.337 e. The van der Waals surface area contributed by atoms with E-state index in [1.54, 1.807) is 0 Å². The van der Waals surface area contributed by atoms with Crippen LogP contribution in [0, 0.1) is 0 Å². The van der Waals surface area contributed by atoms with Crippen molar-refractivity contribution in [2.75, 3.05) is 4.90 Å². The van der Waals surface area contributed by atoms with Gasteiger partial charge in [-0.1, -0.05) is 103 Å². The monoisotopic (exact) mass is 589 g/mol. The maximum atomic E-state index is 2.40. The average Bonchev–Trinajstić information content (AvgIpc) is 3.65. The van der Waals surface area contributed by atoms with E-state index in [2.05, 4.69) is 190 Å². The first kappa shape index (κ1) is 26.4. The summed E-state index contributed by atoms with van der Waals surface area (Å²) in [5.41, 5.74) is 10.8. The number of hydrogen-bond acceptors (Lipinski definition) is 1. The van der Waals surface area contributed by atoms with Gasteiger partial charge in [-0.3, -0.25) is 0 Å². The van der Waals surface area contributed by atoms with Crippen molar-refractivity contribution < 1.29 is 0 Å². The average molecular weight is 590 g/mol. The van der Waals surface area contributed by atoms with Crippen LogP contribution in [-0.2, 0) is 6.54 Å². The molecule has 9 aromatic rings. The Hall–Kier alpha value is -6.06. The standard InChI is InChI=1S/C43H31N3/c1-2-12-31(13-3-1)30-44(32-22-26-34(27-23-32)45-40-18-8-4-14-36(40)37-15-5-9-19-41(37)45)33-24-28-35(29-25-33)46-42-20-10-6-16-38(42)39-17-7-11-21-43(39)46/h1-29H,30H2. The van der Waals surface area contributed by atoms with Gasteiger partial charge in [-0.25, -0.2) is 0 Å². The van der Waals surface area contributed by atoms with Crippen LogP contribution < -0.4 is 4.90 Å². The Morgan fingerprint density at radius 2 is 0.652 bits per heavy atom. The van der Waals surface area contributed by atoms with Gasteiger partial charge in [-0.15, -0.1) is 0 Å². The van der Waals surface area contributed by atoms with E-state index >= 15 is 0 Å². The number of anilines is 2. The van der Waals surface area contributed by atoms with Crippen LogP contribution in [0.4, 0.5) is 11.4 Å². The molecule has 0 bridgehead atoms. The quantitative estimate of drug-likeness (QED) is 0.188. The lowest BCUT2D eigenvalue weighted by molar-refractivity contribution is 0.973. The molecule has 0 aliphatic heterocycles. The second kappa shape index (κ2) is 10.8. The number of aromatic nitrogens is 2. The van der Waals surface area contributed by atoms with Crippen LogP contribution in [0.15, 0.2) is 176 Å². The van der Waals surface area contributed by atoms with Crippen LogP contribution in [-0.4, -0.2) is 9.13 Å². The summed E-state index contributed by atoms with van der Waals surface area (Å²) in [4.78, 5) is 2.40. The van der Waals surface area contributed by atoms with Crippen LogP contribution >= 0.6 is 0 Å². The third-order valence-corrected chi connectivity index (χ3v) is 9.18. The second-order valence-electron chi connectivity index (χ2n) is 11.8.